The summed E-state index contributed by atoms with van der Waals surface area (Å²) in [6.07, 6.45) is 4.10. The lowest BCUT2D eigenvalue weighted by atomic mass is 10.0. The first kappa shape index (κ1) is 12.5. The molecule has 1 atom stereocenters. The van der Waals surface area contributed by atoms with Crippen LogP contribution in [0, 0.1) is 5.92 Å². The third-order valence-corrected chi connectivity index (χ3v) is 3.24. The van der Waals surface area contributed by atoms with E-state index in [1.54, 1.807) is 0 Å². The highest BCUT2D eigenvalue weighted by Gasteiger charge is 2.26. The first-order valence-electron chi connectivity index (χ1n) is 5.96. The van der Waals surface area contributed by atoms with Crippen LogP contribution in [0.3, 0.4) is 0 Å². The Morgan fingerprint density at radius 2 is 2.27 bits per heavy atom. The number of nitrogens with zero attached hydrogens (tertiary/aromatic N) is 1. The van der Waals surface area contributed by atoms with E-state index < -0.39 is 0 Å². The zero-order valence-electron chi connectivity index (χ0n) is 10.2. The van der Waals surface area contributed by atoms with E-state index in [2.05, 4.69) is 23.5 Å². The first-order valence-corrected chi connectivity index (χ1v) is 5.96. The van der Waals surface area contributed by atoms with Crippen LogP contribution in [0.25, 0.3) is 0 Å². The molecule has 0 amide bonds. The summed E-state index contributed by atoms with van der Waals surface area (Å²) < 4.78 is 4.63. The third kappa shape index (κ3) is 3.82. The van der Waals surface area contributed by atoms with E-state index in [1.165, 1.54) is 26.5 Å². The maximum atomic E-state index is 11.0. The summed E-state index contributed by atoms with van der Waals surface area (Å²) in [6, 6.07) is 0.725. The van der Waals surface area contributed by atoms with Crippen molar-refractivity contribution in [1.29, 1.82) is 0 Å². The van der Waals surface area contributed by atoms with Gasteiger partial charge in [0.05, 0.1) is 7.11 Å². The number of carbonyl (C=O) groups excluding carboxylic acids is 1. The van der Waals surface area contributed by atoms with Crippen molar-refractivity contribution in [3.05, 3.63) is 0 Å². The molecule has 0 aromatic rings. The van der Waals surface area contributed by atoms with Gasteiger partial charge in [0, 0.05) is 12.5 Å². The van der Waals surface area contributed by atoms with Gasteiger partial charge in [0.15, 0.2) is 0 Å². The molecule has 3 heteroatoms. The van der Waals surface area contributed by atoms with Gasteiger partial charge in [0.25, 0.3) is 0 Å². The molecule has 0 saturated carbocycles. The maximum absolute atomic E-state index is 11.0. The third-order valence-electron chi connectivity index (χ3n) is 3.24. The quantitative estimate of drug-likeness (QED) is 0.655. The van der Waals surface area contributed by atoms with Crippen LogP contribution in [-0.4, -0.2) is 37.1 Å². The number of esters is 1. The van der Waals surface area contributed by atoms with Crippen molar-refractivity contribution >= 4 is 5.97 Å². The average Bonchev–Trinajstić information content (AvgIpc) is 2.65. The van der Waals surface area contributed by atoms with Crippen LogP contribution in [0.5, 0.6) is 0 Å². The number of likely N-dealkylation sites (tertiary alicyclic amines) is 1. The second-order valence-corrected chi connectivity index (χ2v) is 4.67. The van der Waals surface area contributed by atoms with Crippen molar-refractivity contribution in [3.63, 3.8) is 0 Å². The topological polar surface area (TPSA) is 29.5 Å². The Morgan fingerprint density at radius 1 is 1.53 bits per heavy atom. The van der Waals surface area contributed by atoms with Gasteiger partial charge >= 0.3 is 5.97 Å². The van der Waals surface area contributed by atoms with Gasteiger partial charge in [-0.05, 0) is 38.3 Å². The lowest BCUT2D eigenvalue weighted by Crippen LogP contribution is -2.34. The highest BCUT2D eigenvalue weighted by Crippen LogP contribution is 2.23. The molecule has 1 saturated heterocycles. The molecule has 1 rings (SSSR count). The highest BCUT2D eigenvalue weighted by molar-refractivity contribution is 5.69. The van der Waals surface area contributed by atoms with Gasteiger partial charge in [-0.25, -0.2) is 0 Å². The number of ether oxygens (including phenoxy) is 1. The SMILES string of the molecule is COC(=O)CCCN1CCCC1C(C)C. The van der Waals surface area contributed by atoms with Crippen molar-refractivity contribution in [1.82, 2.24) is 4.90 Å². The summed E-state index contributed by atoms with van der Waals surface area (Å²) in [6.45, 7) is 6.80. The van der Waals surface area contributed by atoms with E-state index in [4.69, 9.17) is 0 Å². The van der Waals surface area contributed by atoms with E-state index in [1.807, 2.05) is 0 Å². The molecule has 1 fully saturated rings. The minimum atomic E-state index is -0.0877. The number of methoxy groups -OCH3 is 1. The minimum Gasteiger partial charge on any atom is -0.469 e. The summed E-state index contributed by atoms with van der Waals surface area (Å²) in [7, 11) is 1.45. The Kier molecular flexibility index (Phi) is 5.09. The average molecular weight is 213 g/mol. The van der Waals surface area contributed by atoms with Crippen LogP contribution in [0.15, 0.2) is 0 Å². The van der Waals surface area contributed by atoms with Gasteiger partial charge in [-0.3, -0.25) is 4.79 Å². The van der Waals surface area contributed by atoms with Gasteiger partial charge in [-0.2, -0.15) is 0 Å². The van der Waals surface area contributed by atoms with Crippen LogP contribution in [0.1, 0.15) is 39.5 Å². The van der Waals surface area contributed by atoms with Gasteiger partial charge in [-0.15, -0.1) is 0 Å². The van der Waals surface area contributed by atoms with Crippen molar-refractivity contribution in [2.45, 2.75) is 45.6 Å². The van der Waals surface area contributed by atoms with E-state index in [0.717, 1.165) is 24.9 Å². The molecule has 15 heavy (non-hydrogen) atoms. The smallest absolute Gasteiger partial charge is 0.305 e. The summed E-state index contributed by atoms with van der Waals surface area (Å²) in [5.41, 5.74) is 0. The number of hydrogen-bond donors (Lipinski definition) is 0. The standard InChI is InChI=1S/C12H23NO2/c1-10(2)11-6-4-8-13(11)9-5-7-12(14)15-3/h10-11H,4-9H2,1-3H3. The van der Waals surface area contributed by atoms with E-state index in [9.17, 15) is 4.79 Å². The lowest BCUT2D eigenvalue weighted by Gasteiger charge is -2.27. The molecule has 0 radical (unpaired) electrons. The van der Waals surface area contributed by atoms with Crippen LogP contribution in [0.2, 0.25) is 0 Å². The molecule has 1 heterocycles. The predicted molar refractivity (Wildman–Crippen MR) is 60.7 cm³/mol. The summed E-state index contributed by atoms with van der Waals surface area (Å²) in [4.78, 5) is 13.5. The van der Waals surface area contributed by atoms with Crippen LogP contribution < -0.4 is 0 Å². The fourth-order valence-corrected chi connectivity index (χ4v) is 2.41. The van der Waals surface area contributed by atoms with Gasteiger partial charge in [-0.1, -0.05) is 13.8 Å². The molecular weight excluding hydrogens is 190 g/mol. The summed E-state index contributed by atoms with van der Waals surface area (Å²) in [5.74, 6) is 0.640. The molecule has 1 aliphatic heterocycles. The molecule has 1 unspecified atom stereocenters. The zero-order valence-corrected chi connectivity index (χ0v) is 10.2. The Morgan fingerprint density at radius 3 is 2.87 bits per heavy atom. The van der Waals surface area contributed by atoms with E-state index in [0.29, 0.717) is 6.42 Å². The Balaban J connectivity index is 2.23. The molecule has 0 bridgehead atoms. The van der Waals surface area contributed by atoms with Crippen LogP contribution in [-0.2, 0) is 9.53 Å². The molecule has 1 aliphatic rings. The zero-order chi connectivity index (χ0) is 11.3. The molecule has 0 aromatic carbocycles. The Bertz CT molecular complexity index is 204. The molecule has 0 aliphatic carbocycles. The van der Waals surface area contributed by atoms with Crippen molar-refractivity contribution in [3.8, 4) is 0 Å². The normalized spacial score (nSPS) is 22.3. The fraction of sp³-hybridized carbons (Fsp3) is 0.917. The van der Waals surface area contributed by atoms with Crippen LogP contribution >= 0.6 is 0 Å². The molecule has 0 N–H and O–H groups in total. The fourth-order valence-electron chi connectivity index (χ4n) is 2.41. The Hall–Kier alpha value is -0.570. The monoisotopic (exact) mass is 213 g/mol. The van der Waals surface area contributed by atoms with Gasteiger partial charge in [0.2, 0.25) is 0 Å². The minimum absolute atomic E-state index is 0.0877. The van der Waals surface area contributed by atoms with Crippen molar-refractivity contribution < 1.29 is 9.53 Å². The van der Waals surface area contributed by atoms with Crippen molar-refractivity contribution in [2.24, 2.45) is 5.92 Å². The second-order valence-electron chi connectivity index (χ2n) is 4.67. The summed E-state index contributed by atoms with van der Waals surface area (Å²) in [5, 5.41) is 0. The maximum Gasteiger partial charge on any atom is 0.305 e. The molecular formula is C12H23NO2. The van der Waals surface area contributed by atoms with E-state index in [-0.39, 0.29) is 5.97 Å². The molecule has 88 valence electrons. The Labute approximate surface area is 92.8 Å². The predicted octanol–water partition coefficient (Wildman–Crippen LogP) is 2.06. The van der Waals surface area contributed by atoms with Gasteiger partial charge in [0.1, 0.15) is 0 Å². The van der Waals surface area contributed by atoms with Crippen molar-refractivity contribution in [2.75, 3.05) is 20.2 Å². The molecule has 0 aromatic heterocycles. The molecule has 3 nitrogen and oxygen atoms in total. The van der Waals surface area contributed by atoms with Crippen LogP contribution in [0.4, 0.5) is 0 Å². The summed E-state index contributed by atoms with van der Waals surface area (Å²) >= 11 is 0. The molecule has 0 spiro atoms. The lowest BCUT2D eigenvalue weighted by molar-refractivity contribution is -0.140. The van der Waals surface area contributed by atoms with E-state index >= 15 is 0 Å². The number of carbonyl (C=O) groups is 1. The highest BCUT2D eigenvalue weighted by atomic mass is 16.5. The first-order chi connectivity index (χ1) is 7.15. The number of hydrogen-bond acceptors (Lipinski definition) is 3. The second kappa shape index (κ2) is 6.11. The van der Waals surface area contributed by atoms with Gasteiger partial charge < -0.3 is 9.64 Å². The largest absolute Gasteiger partial charge is 0.469 e. The number of rotatable bonds is 5.